The van der Waals surface area contributed by atoms with Crippen LogP contribution < -0.4 is 9.80 Å². The number of nitrogens with zero attached hydrogens (tertiary/aromatic N) is 3. The highest BCUT2D eigenvalue weighted by atomic mass is 19.4. The number of benzene rings is 2. The maximum atomic E-state index is 13.0. The van der Waals surface area contributed by atoms with Gasteiger partial charge in [-0.3, -0.25) is 19.5 Å². The number of carboxylic acid groups (broad SMARTS) is 1. The topological polar surface area (TPSA) is 64.1 Å². The van der Waals surface area contributed by atoms with Crippen LogP contribution in [0, 0.1) is 5.92 Å². The number of carboxylic acids is 1. The van der Waals surface area contributed by atoms with Crippen molar-refractivity contribution >= 4 is 23.4 Å². The molecule has 31 heavy (non-hydrogen) atoms. The minimum Gasteiger partial charge on any atom is -0.481 e. The SMILES string of the molecule is CCN(C(=O)N(C)c1cccc(C(F)(F)F)c1)c1ccc(CN2CC(C(=O)O)C2)cc1. The van der Waals surface area contributed by atoms with Crippen LogP contribution in [0.25, 0.3) is 0 Å². The van der Waals surface area contributed by atoms with Gasteiger partial charge >= 0.3 is 18.2 Å². The summed E-state index contributed by atoms with van der Waals surface area (Å²) in [6.07, 6.45) is -4.49. The predicted molar refractivity (Wildman–Crippen MR) is 111 cm³/mol. The predicted octanol–water partition coefficient (Wildman–Crippen LogP) is 4.30. The lowest BCUT2D eigenvalue weighted by Crippen LogP contribution is -2.49. The van der Waals surface area contributed by atoms with Crippen LogP contribution in [0.4, 0.5) is 29.3 Å². The number of halogens is 3. The van der Waals surface area contributed by atoms with Crippen molar-refractivity contribution in [1.82, 2.24) is 4.90 Å². The molecule has 2 aromatic carbocycles. The van der Waals surface area contributed by atoms with Crippen molar-refractivity contribution in [1.29, 1.82) is 0 Å². The monoisotopic (exact) mass is 435 g/mol. The molecule has 0 radical (unpaired) electrons. The van der Waals surface area contributed by atoms with Gasteiger partial charge in [-0.15, -0.1) is 0 Å². The lowest BCUT2D eigenvalue weighted by molar-refractivity contribution is -0.147. The average Bonchev–Trinajstić information content (AvgIpc) is 2.70. The molecule has 0 bridgehead atoms. The molecule has 166 valence electrons. The molecule has 2 aromatic rings. The first-order valence-corrected chi connectivity index (χ1v) is 9.86. The average molecular weight is 435 g/mol. The van der Waals surface area contributed by atoms with E-state index in [4.69, 9.17) is 5.11 Å². The number of amides is 2. The smallest absolute Gasteiger partial charge is 0.416 e. The Bertz CT molecular complexity index is 941. The zero-order valence-corrected chi connectivity index (χ0v) is 17.3. The number of rotatable bonds is 6. The summed E-state index contributed by atoms with van der Waals surface area (Å²) in [6, 6.07) is 11.5. The molecule has 1 aliphatic heterocycles. The molecule has 0 unspecified atom stereocenters. The Balaban J connectivity index is 1.68. The summed E-state index contributed by atoms with van der Waals surface area (Å²) in [4.78, 5) is 28.6. The lowest BCUT2D eigenvalue weighted by Gasteiger charge is -2.36. The first-order chi connectivity index (χ1) is 14.6. The molecule has 3 rings (SSSR count). The second-order valence-corrected chi connectivity index (χ2v) is 7.53. The van der Waals surface area contributed by atoms with Crippen LogP contribution in [0.5, 0.6) is 0 Å². The van der Waals surface area contributed by atoms with Gasteiger partial charge < -0.3 is 5.11 Å². The molecule has 1 saturated heterocycles. The summed E-state index contributed by atoms with van der Waals surface area (Å²) >= 11 is 0. The Hall–Kier alpha value is -3.07. The number of hydrogen-bond acceptors (Lipinski definition) is 3. The summed E-state index contributed by atoms with van der Waals surface area (Å²) in [5.41, 5.74) is 0.957. The van der Waals surface area contributed by atoms with E-state index in [9.17, 15) is 22.8 Å². The second-order valence-electron chi connectivity index (χ2n) is 7.53. The number of carbonyl (C=O) groups is 2. The Kier molecular flexibility index (Phi) is 6.54. The maximum Gasteiger partial charge on any atom is 0.416 e. The first-order valence-electron chi connectivity index (χ1n) is 9.86. The van der Waals surface area contributed by atoms with Crippen LogP contribution in [0.3, 0.4) is 0 Å². The molecule has 2 amide bonds. The summed E-state index contributed by atoms with van der Waals surface area (Å²) in [5.74, 6) is -1.10. The van der Waals surface area contributed by atoms with E-state index in [0.29, 0.717) is 31.9 Å². The van der Waals surface area contributed by atoms with Gasteiger partial charge in [-0.1, -0.05) is 18.2 Å². The number of hydrogen-bond donors (Lipinski definition) is 1. The van der Waals surface area contributed by atoms with Gasteiger partial charge in [-0.25, -0.2) is 4.79 Å². The lowest BCUT2D eigenvalue weighted by atomic mass is 9.99. The standard InChI is InChI=1S/C22H24F3N3O3/c1-3-28(21(31)26(2)19-6-4-5-17(11-19)22(23,24)25)18-9-7-15(8-10-18)12-27-13-16(14-27)20(29)30/h4-11,16H,3,12-14H2,1-2H3,(H,29,30). The van der Waals surface area contributed by atoms with Gasteiger partial charge in [0.05, 0.1) is 11.5 Å². The normalized spacial score (nSPS) is 14.7. The Morgan fingerprint density at radius 1 is 1.10 bits per heavy atom. The van der Waals surface area contributed by atoms with E-state index in [1.54, 1.807) is 19.1 Å². The third kappa shape index (κ3) is 5.16. The number of anilines is 2. The van der Waals surface area contributed by atoms with E-state index < -0.39 is 23.7 Å². The second kappa shape index (κ2) is 8.97. The van der Waals surface area contributed by atoms with E-state index in [2.05, 4.69) is 0 Å². The fourth-order valence-corrected chi connectivity index (χ4v) is 3.51. The summed E-state index contributed by atoms with van der Waals surface area (Å²) in [6.45, 7) is 3.77. The molecule has 6 nitrogen and oxygen atoms in total. The van der Waals surface area contributed by atoms with E-state index >= 15 is 0 Å². The highest BCUT2D eigenvalue weighted by Gasteiger charge is 2.32. The summed E-state index contributed by atoms with van der Waals surface area (Å²) in [5, 5.41) is 8.95. The van der Waals surface area contributed by atoms with Crippen molar-refractivity contribution in [2.45, 2.75) is 19.6 Å². The van der Waals surface area contributed by atoms with Crippen LogP contribution in [0.15, 0.2) is 48.5 Å². The van der Waals surface area contributed by atoms with E-state index in [1.165, 1.54) is 29.0 Å². The van der Waals surface area contributed by atoms with E-state index in [-0.39, 0.29) is 11.6 Å². The van der Waals surface area contributed by atoms with Crippen LogP contribution >= 0.6 is 0 Å². The van der Waals surface area contributed by atoms with Gasteiger partial charge in [-0.05, 0) is 42.8 Å². The number of likely N-dealkylation sites (tertiary alicyclic amines) is 1. The quantitative estimate of drug-likeness (QED) is 0.735. The molecule has 1 aliphatic rings. The Morgan fingerprint density at radius 2 is 1.74 bits per heavy atom. The fourth-order valence-electron chi connectivity index (χ4n) is 3.51. The molecule has 1 N–H and O–H groups in total. The highest BCUT2D eigenvalue weighted by Crippen LogP contribution is 2.32. The zero-order valence-electron chi connectivity index (χ0n) is 17.3. The van der Waals surface area contributed by atoms with Crippen LogP contribution in [-0.2, 0) is 17.5 Å². The van der Waals surface area contributed by atoms with Crippen LogP contribution in [-0.4, -0.2) is 48.7 Å². The number of aliphatic carboxylic acids is 1. The molecule has 1 fully saturated rings. The first kappa shape index (κ1) is 22.6. The molecular weight excluding hydrogens is 411 g/mol. The van der Waals surface area contributed by atoms with Crippen molar-refractivity contribution in [3.05, 3.63) is 59.7 Å². The number of alkyl halides is 3. The fraction of sp³-hybridized carbons (Fsp3) is 0.364. The summed E-state index contributed by atoms with van der Waals surface area (Å²) < 4.78 is 39.0. The molecule has 9 heteroatoms. The van der Waals surface area contributed by atoms with Crippen molar-refractivity contribution in [3.8, 4) is 0 Å². The largest absolute Gasteiger partial charge is 0.481 e. The number of carbonyl (C=O) groups excluding carboxylic acids is 1. The van der Waals surface area contributed by atoms with Gasteiger partial charge in [0.2, 0.25) is 0 Å². The van der Waals surface area contributed by atoms with Gasteiger partial charge in [0, 0.05) is 44.6 Å². The third-order valence-electron chi connectivity index (χ3n) is 5.36. The molecule has 0 aliphatic carbocycles. The molecule has 0 saturated carbocycles. The summed E-state index contributed by atoms with van der Waals surface area (Å²) in [7, 11) is 1.44. The highest BCUT2D eigenvalue weighted by molar-refractivity contribution is 6.03. The van der Waals surface area contributed by atoms with Crippen LogP contribution in [0.1, 0.15) is 18.1 Å². The van der Waals surface area contributed by atoms with Gasteiger partial charge in [0.1, 0.15) is 0 Å². The van der Waals surface area contributed by atoms with Gasteiger partial charge in [0.25, 0.3) is 0 Å². The Labute approximate surface area is 178 Å². The van der Waals surface area contributed by atoms with Crippen molar-refractivity contribution in [2.75, 3.05) is 36.5 Å². The molecular formula is C22H24F3N3O3. The minimum absolute atomic E-state index is 0.153. The van der Waals surface area contributed by atoms with Crippen molar-refractivity contribution < 1.29 is 27.9 Å². The minimum atomic E-state index is -4.49. The van der Waals surface area contributed by atoms with Gasteiger partial charge in [0.15, 0.2) is 0 Å². The number of urea groups is 1. The molecule has 0 atom stereocenters. The Morgan fingerprint density at radius 3 is 2.29 bits per heavy atom. The van der Waals surface area contributed by atoms with E-state index in [0.717, 1.165) is 17.7 Å². The van der Waals surface area contributed by atoms with Gasteiger partial charge in [-0.2, -0.15) is 13.2 Å². The molecule has 1 heterocycles. The van der Waals surface area contributed by atoms with Crippen molar-refractivity contribution in [2.24, 2.45) is 5.92 Å². The van der Waals surface area contributed by atoms with E-state index in [1.807, 2.05) is 17.0 Å². The maximum absolute atomic E-state index is 13.0. The zero-order chi connectivity index (χ0) is 22.8. The third-order valence-corrected chi connectivity index (χ3v) is 5.36. The van der Waals surface area contributed by atoms with Crippen LogP contribution in [0.2, 0.25) is 0 Å². The molecule has 0 spiro atoms. The van der Waals surface area contributed by atoms with Crippen molar-refractivity contribution in [3.63, 3.8) is 0 Å². The molecule has 0 aromatic heterocycles.